The van der Waals surface area contributed by atoms with Crippen LogP contribution in [0.25, 0.3) is 0 Å². The van der Waals surface area contributed by atoms with Crippen LogP contribution < -0.4 is 5.32 Å². The molecule has 1 aromatic rings. The van der Waals surface area contributed by atoms with Crippen LogP contribution in [0.5, 0.6) is 0 Å². The fourth-order valence-electron chi connectivity index (χ4n) is 2.86. The Morgan fingerprint density at radius 2 is 2.00 bits per heavy atom. The summed E-state index contributed by atoms with van der Waals surface area (Å²) < 4.78 is 0.736. The molecule has 1 N–H and O–H groups in total. The number of benzene rings is 1. The molecule has 138 valence electrons. The number of nitrogens with one attached hydrogen (secondary N) is 1. The van der Waals surface area contributed by atoms with Gasteiger partial charge in [-0.25, -0.2) is 0 Å². The van der Waals surface area contributed by atoms with Crippen LogP contribution in [0, 0.1) is 0 Å². The Labute approximate surface area is 162 Å². The van der Waals surface area contributed by atoms with E-state index in [1.54, 1.807) is 17.8 Å². The molecule has 2 rings (SSSR count). The number of rotatable bonds is 6. The first-order chi connectivity index (χ1) is 12.0. The van der Waals surface area contributed by atoms with Gasteiger partial charge in [-0.1, -0.05) is 12.1 Å². The maximum Gasteiger partial charge on any atom is 0.253 e. The molecule has 0 saturated carbocycles. The summed E-state index contributed by atoms with van der Waals surface area (Å²) in [7, 11) is 2.08. The van der Waals surface area contributed by atoms with Gasteiger partial charge in [-0.05, 0) is 66.5 Å². The molecular formula is C18H26BrN3O2S. The highest BCUT2D eigenvalue weighted by molar-refractivity contribution is 9.10. The lowest BCUT2D eigenvalue weighted by Crippen LogP contribution is -2.49. The van der Waals surface area contributed by atoms with Crippen molar-refractivity contribution in [3.05, 3.63) is 34.3 Å². The molecule has 1 atom stereocenters. The number of thioether (sulfide) groups is 1. The average Bonchev–Trinajstić information content (AvgIpc) is 2.82. The van der Waals surface area contributed by atoms with Crippen LogP contribution in [0.3, 0.4) is 0 Å². The zero-order valence-electron chi connectivity index (χ0n) is 14.8. The lowest BCUT2D eigenvalue weighted by atomic mass is 10.1. The van der Waals surface area contributed by atoms with Crippen molar-refractivity contribution in [2.75, 3.05) is 45.2 Å². The monoisotopic (exact) mass is 427 g/mol. The van der Waals surface area contributed by atoms with Crippen molar-refractivity contribution in [3.8, 4) is 0 Å². The van der Waals surface area contributed by atoms with Crippen molar-refractivity contribution < 1.29 is 9.59 Å². The molecular weight excluding hydrogens is 402 g/mol. The summed E-state index contributed by atoms with van der Waals surface area (Å²) >= 11 is 5.09. The molecule has 0 aromatic heterocycles. The van der Waals surface area contributed by atoms with Crippen LogP contribution >= 0.6 is 27.7 Å². The highest BCUT2D eigenvalue weighted by atomic mass is 79.9. The van der Waals surface area contributed by atoms with Gasteiger partial charge in [0.25, 0.3) is 5.91 Å². The largest absolute Gasteiger partial charge is 0.340 e. The van der Waals surface area contributed by atoms with Crippen LogP contribution in [0.2, 0.25) is 0 Å². The average molecular weight is 428 g/mol. The molecule has 25 heavy (non-hydrogen) atoms. The highest BCUT2D eigenvalue weighted by Crippen LogP contribution is 2.16. The summed E-state index contributed by atoms with van der Waals surface area (Å²) in [5.41, 5.74) is 0.556. The van der Waals surface area contributed by atoms with Crippen molar-refractivity contribution in [1.29, 1.82) is 0 Å². The molecule has 5 nitrogen and oxygen atoms in total. The summed E-state index contributed by atoms with van der Waals surface area (Å²) in [6, 6.07) is 6.80. The molecule has 1 aliphatic heterocycles. The van der Waals surface area contributed by atoms with Gasteiger partial charge in [0.15, 0.2) is 0 Å². The Morgan fingerprint density at radius 1 is 1.24 bits per heavy atom. The van der Waals surface area contributed by atoms with Crippen molar-refractivity contribution in [1.82, 2.24) is 15.1 Å². The zero-order chi connectivity index (χ0) is 18.2. The SMILES string of the molecule is CSCCC(NC(=O)c1ccccc1Br)C(=O)N1CCCN(C)CC1. The lowest BCUT2D eigenvalue weighted by molar-refractivity contribution is -0.133. The zero-order valence-corrected chi connectivity index (χ0v) is 17.2. The van der Waals surface area contributed by atoms with E-state index >= 15 is 0 Å². The van der Waals surface area contributed by atoms with E-state index in [0.717, 1.165) is 42.8 Å². The van der Waals surface area contributed by atoms with Gasteiger partial charge in [-0.15, -0.1) is 0 Å². The van der Waals surface area contributed by atoms with Gasteiger partial charge in [0, 0.05) is 24.1 Å². The molecule has 1 aliphatic rings. The van der Waals surface area contributed by atoms with E-state index in [1.165, 1.54) is 0 Å². The van der Waals surface area contributed by atoms with E-state index < -0.39 is 6.04 Å². The molecule has 0 spiro atoms. The van der Waals surface area contributed by atoms with E-state index in [2.05, 4.69) is 33.2 Å². The number of carbonyl (C=O) groups excluding carboxylic acids is 2. The standard InChI is InChI=1S/C18H26BrN3O2S/c1-21-9-5-10-22(12-11-21)18(24)16(8-13-25-2)20-17(23)14-6-3-4-7-15(14)19/h3-4,6-7,16H,5,8-13H2,1-2H3,(H,20,23). The minimum atomic E-state index is -0.476. The summed E-state index contributed by atoms with van der Waals surface area (Å²) in [4.78, 5) is 29.7. The fraction of sp³-hybridized carbons (Fsp3) is 0.556. The first kappa shape index (κ1) is 20.3. The summed E-state index contributed by atoms with van der Waals surface area (Å²) in [5.74, 6) is 0.657. The second-order valence-corrected chi connectivity index (χ2v) is 8.11. The number of carbonyl (C=O) groups is 2. The summed E-state index contributed by atoms with van der Waals surface area (Å²) in [5, 5.41) is 2.95. The number of hydrogen-bond donors (Lipinski definition) is 1. The molecule has 0 radical (unpaired) electrons. The maximum absolute atomic E-state index is 13.0. The molecule has 1 aromatic carbocycles. The Kier molecular flexibility index (Phi) is 8.26. The lowest BCUT2D eigenvalue weighted by Gasteiger charge is -2.27. The van der Waals surface area contributed by atoms with Crippen LogP contribution in [0.1, 0.15) is 23.2 Å². The first-order valence-corrected chi connectivity index (χ1v) is 10.7. The third kappa shape index (κ3) is 6.01. The van der Waals surface area contributed by atoms with E-state index in [0.29, 0.717) is 12.0 Å². The van der Waals surface area contributed by atoms with Gasteiger partial charge >= 0.3 is 0 Å². The van der Waals surface area contributed by atoms with Gasteiger partial charge in [0.2, 0.25) is 5.91 Å². The predicted molar refractivity (Wildman–Crippen MR) is 107 cm³/mol. The van der Waals surface area contributed by atoms with Gasteiger partial charge < -0.3 is 15.1 Å². The molecule has 1 saturated heterocycles. The number of nitrogens with zero attached hydrogens (tertiary/aromatic N) is 2. The Bertz CT molecular complexity index is 599. The second-order valence-electron chi connectivity index (χ2n) is 6.27. The van der Waals surface area contributed by atoms with Crippen LogP contribution in [0.15, 0.2) is 28.7 Å². The topological polar surface area (TPSA) is 52.7 Å². The van der Waals surface area contributed by atoms with E-state index in [4.69, 9.17) is 0 Å². The number of hydrogen-bond acceptors (Lipinski definition) is 4. The molecule has 2 amide bonds. The van der Waals surface area contributed by atoms with Gasteiger partial charge in [-0.3, -0.25) is 9.59 Å². The summed E-state index contributed by atoms with van der Waals surface area (Å²) in [6.07, 6.45) is 3.62. The van der Waals surface area contributed by atoms with Crippen LogP contribution in [0.4, 0.5) is 0 Å². The third-order valence-electron chi connectivity index (χ3n) is 4.36. The normalized spacial score (nSPS) is 17.0. The second kappa shape index (κ2) is 10.2. The Hall–Kier alpha value is -1.05. The number of halogens is 1. The van der Waals surface area contributed by atoms with Crippen molar-refractivity contribution in [2.24, 2.45) is 0 Å². The van der Waals surface area contributed by atoms with Gasteiger partial charge in [0.05, 0.1) is 5.56 Å². The fourth-order valence-corrected chi connectivity index (χ4v) is 3.80. The summed E-state index contributed by atoms with van der Waals surface area (Å²) in [6.45, 7) is 3.35. The quantitative estimate of drug-likeness (QED) is 0.757. The van der Waals surface area contributed by atoms with E-state index in [-0.39, 0.29) is 11.8 Å². The van der Waals surface area contributed by atoms with Crippen molar-refractivity contribution in [3.63, 3.8) is 0 Å². The van der Waals surface area contributed by atoms with Crippen LogP contribution in [-0.4, -0.2) is 72.9 Å². The van der Waals surface area contributed by atoms with Crippen LogP contribution in [-0.2, 0) is 4.79 Å². The predicted octanol–water partition coefficient (Wildman–Crippen LogP) is 2.46. The third-order valence-corrected chi connectivity index (χ3v) is 5.70. The smallest absolute Gasteiger partial charge is 0.253 e. The van der Waals surface area contributed by atoms with Gasteiger partial charge in [0.1, 0.15) is 6.04 Å². The molecule has 0 bridgehead atoms. The Balaban J connectivity index is 2.08. The van der Waals surface area contributed by atoms with E-state index in [1.807, 2.05) is 29.4 Å². The van der Waals surface area contributed by atoms with Crippen molar-refractivity contribution in [2.45, 2.75) is 18.9 Å². The van der Waals surface area contributed by atoms with Crippen molar-refractivity contribution >= 4 is 39.5 Å². The minimum absolute atomic E-state index is 0.0322. The van der Waals surface area contributed by atoms with Gasteiger partial charge in [-0.2, -0.15) is 11.8 Å². The molecule has 1 unspecified atom stereocenters. The Morgan fingerprint density at radius 3 is 2.72 bits per heavy atom. The molecule has 1 heterocycles. The highest BCUT2D eigenvalue weighted by Gasteiger charge is 2.27. The molecule has 7 heteroatoms. The molecule has 0 aliphatic carbocycles. The maximum atomic E-state index is 13.0. The van der Waals surface area contributed by atoms with E-state index in [9.17, 15) is 9.59 Å². The first-order valence-electron chi connectivity index (χ1n) is 8.54. The number of likely N-dealkylation sites (N-methyl/N-ethyl adjacent to an activating group) is 1. The molecule has 1 fully saturated rings. The minimum Gasteiger partial charge on any atom is -0.340 e. The number of amides is 2.